The molecule has 0 radical (unpaired) electrons. The summed E-state index contributed by atoms with van der Waals surface area (Å²) in [5, 5.41) is 0. The molecule has 2 nitrogen and oxygen atoms in total. The Morgan fingerprint density at radius 3 is 2.12 bits per heavy atom. The highest BCUT2D eigenvalue weighted by Crippen LogP contribution is 2.24. The number of rotatable bonds is 3. The van der Waals surface area contributed by atoms with Gasteiger partial charge in [0.15, 0.2) is 0 Å². The van der Waals surface area contributed by atoms with Crippen molar-refractivity contribution in [1.29, 1.82) is 0 Å². The van der Waals surface area contributed by atoms with Crippen LogP contribution >= 0.6 is 0 Å². The van der Waals surface area contributed by atoms with Crippen LogP contribution in [0.4, 0.5) is 5.69 Å². The maximum Gasteiger partial charge on any atom is 0.0317 e. The summed E-state index contributed by atoms with van der Waals surface area (Å²) in [5.41, 5.74) is 8.17. The average molecular weight is 220 g/mol. The van der Waals surface area contributed by atoms with Crippen molar-refractivity contribution in [3.05, 3.63) is 29.8 Å². The van der Waals surface area contributed by atoms with E-state index in [1.165, 1.54) is 5.56 Å². The molecule has 1 aromatic rings. The fraction of sp³-hybridized carbons (Fsp3) is 0.571. The number of nitrogen functional groups attached to an aromatic ring is 1. The second-order valence-corrected chi connectivity index (χ2v) is 5.82. The van der Waals surface area contributed by atoms with Crippen LogP contribution in [0.15, 0.2) is 24.3 Å². The third-order valence-corrected chi connectivity index (χ3v) is 2.80. The van der Waals surface area contributed by atoms with Gasteiger partial charge < -0.3 is 5.73 Å². The van der Waals surface area contributed by atoms with E-state index in [-0.39, 0.29) is 0 Å². The van der Waals surface area contributed by atoms with Crippen molar-refractivity contribution in [3.63, 3.8) is 0 Å². The summed E-state index contributed by atoms with van der Waals surface area (Å²) in [6.07, 6.45) is 0. The summed E-state index contributed by atoms with van der Waals surface area (Å²) in [6, 6.07) is 8.59. The van der Waals surface area contributed by atoms with Gasteiger partial charge in [-0.1, -0.05) is 32.9 Å². The molecule has 2 N–H and O–H groups in total. The molecule has 0 aliphatic heterocycles. The Balaban J connectivity index is 2.70. The molecule has 2 heteroatoms. The van der Waals surface area contributed by atoms with Crippen LogP contribution in [0.5, 0.6) is 0 Å². The van der Waals surface area contributed by atoms with Gasteiger partial charge in [0.2, 0.25) is 0 Å². The van der Waals surface area contributed by atoms with Crippen molar-refractivity contribution in [2.75, 3.05) is 19.3 Å². The lowest BCUT2D eigenvalue weighted by molar-refractivity contribution is 0.182. The minimum Gasteiger partial charge on any atom is -0.399 e. The van der Waals surface area contributed by atoms with Gasteiger partial charge in [0.05, 0.1) is 0 Å². The van der Waals surface area contributed by atoms with Crippen LogP contribution in [-0.4, -0.2) is 18.5 Å². The Morgan fingerprint density at radius 2 is 1.69 bits per heavy atom. The lowest BCUT2D eigenvalue weighted by atomic mass is 9.95. The molecule has 0 heterocycles. The fourth-order valence-electron chi connectivity index (χ4n) is 1.91. The van der Waals surface area contributed by atoms with E-state index < -0.39 is 0 Å². The molecule has 0 saturated heterocycles. The molecule has 0 bridgehead atoms. The molecule has 90 valence electrons. The summed E-state index contributed by atoms with van der Waals surface area (Å²) >= 11 is 0. The molecule has 1 aromatic carbocycles. The van der Waals surface area contributed by atoms with E-state index in [2.05, 4.69) is 51.8 Å². The first-order valence-corrected chi connectivity index (χ1v) is 5.85. The second-order valence-electron chi connectivity index (χ2n) is 5.82. The third-order valence-electron chi connectivity index (χ3n) is 2.80. The predicted molar refractivity (Wildman–Crippen MR) is 71.4 cm³/mol. The quantitative estimate of drug-likeness (QED) is 0.792. The van der Waals surface area contributed by atoms with Gasteiger partial charge in [-0.15, -0.1) is 0 Å². The van der Waals surface area contributed by atoms with E-state index in [1.807, 2.05) is 12.1 Å². The largest absolute Gasteiger partial charge is 0.399 e. The van der Waals surface area contributed by atoms with Gasteiger partial charge in [-0.05, 0) is 37.1 Å². The molecule has 0 spiro atoms. The van der Waals surface area contributed by atoms with Crippen molar-refractivity contribution in [3.8, 4) is 0 Å². The van der Waals surface area contributed by atoms with Crippen molar-refractivity contribution >= 4 is 5.69 Å². The van der Waals surface area contributed by atoms with E-state index in [0.717, 1.165) is 12.2 Å². The minimum atomic E-state index is 0.330. The van der Waals surface area contributed by atoms with Gasteiger partial charge in [-0.25, -0.2) is 0 Å². The molecule has 16 heavy (non-hydrogen) atoms. The van der Waals surface area contributed by atoms with Crippen LogP contribution in [0.3, 0.4) is 0 Å². The second kappa shape index (κ2) is 4.88. The van der Waals surface area contributed by atoms with Crippen LogP contribution in [0.25, 0.3) is 0 Å². The summed E-state index contributed by atoms with van der Waals surface area (Å²) in [4.78, 5) is 2.38. The first kappa shape index (κ1) is 13.0. The number of anilines is 1. The number of hydrogen-bond donors (Lipinski definition) is 1. The molecule has 0 aromatic heterocycles. The Labute approximate surface area is 99.5 Å². The van der Waals surface area contributed by atoms with E-state index in [1.54, 1.807) is 0 Å². The highest BCUT2D eigenvalue weighted by molar-refractivity contribution is 5.40. The Bertz CT molecular complexity index is 322. The molecule has 0 aliphatic rings. The fourth-order valence-corrected chi connectivity index (χ4v) is 1.91. The van der Waals surface area contributed by atoms with Crippen LogP contribution < -0.4 is 5.73 Å². The van der Waals surface area contributed by atoms with Crippen LogP contribution in [0.2, 0.25) is 0 Å². The molecule has 1 unspecified atom stereocenters. The zero-order valence-corrected chi connectivity index (χ0v) is 11.1. The van der Waals surface area contributed by atoms with Crippen molar-refractivity contribution in [1.82, 2.24) is 4.90 Å². The lowest BCUT2D eigenvalue weighted by Gasteiger charge is -2.31. The normalized spacial score (nSPS) is 14.1. The predicted octanol–water partition coefficient (Wildman–Crippen LogP) is 3.31. The zero-order chi connectivity index (χ0) is 12.3. The molecule has 1 atom stereocenters. The molecule has 0 saturated carbocycles. The van der Waals surface area contributed by atoms with Gasteiger partial charge in [0, 0.05) is 18.3 Å². The van der Waals surface area contributed by atoms with Crippen molar-refractivity contribution in [2.24, 2.45) is 5.41 Å². The van der Waals surface area contributed by atoms with Gasteiger partial charge in [0.25, 0.3) is 0 Å². The Hall–Kier alpha value is -1.02. The molecular formula is C14H24N2. The van der Waals surface area contributed by atoms with Crippen LogP contribution in [0, 0.1) is 5.41 Å². The summed E-state index contributed by atoms with van der Waals surface area (Å²) in [6.45, 7) is 10.1. The Morgan fingerprint density at radius 1 is 1.19 bits per heavy atom. The van der Waals surface area contributed by atoms with Gasteiger partial charge >= 0.3 is 0 Å². The summed E-state index contributed by atoms with van der Waals surface area (Å²) < 4.78 is 0. The Kier molecular flexibility index (Phi) is 3.98. The van der Waals surface area contributed by atoms with E-state index in [9.17, 15) is 0 Å². The van der Waals surface area contributed by atoms with Gasteiger partial charge in [0.1, 0.15) is 0 Å². The zero-order valence-electron chi connectivity index (χ0n) is 11.1. The molecule has 0 amide bonds. The topological polar surface area (TPSA) is 29.3 Å². The van der Waals surface area contributed by atoms with Crippen LogP contribution in [-0.2, 0) is 0 Å². The maximum atomic E-state index is 5.69. The monoisotopic (exact) mass is 220 g/mol. The molecule has 1 rings (SSSR count). The van der Waals surface area contributed by atoms with E-state index in [4.69, 9.17) is 5.73 Å². The van der Waals surface area contributed by atoms with Gasteiger partial charge in [-0.2, -0.15) is 0 Å². The average Bonchev–Trinajstić information content (AvgIpc) is 2.15. The summed E-state index contributed by atoms with van der Waals surface area (Å²) in [7, 11) is 2.17. The SMILES string of the molecule is CC(c1ccc(N)cc1)N(C)CC(C)(C)C. The minimum absolute atomic E-state index is 0.330. The smallest absolute Gasteiger partial charge is 0.0317 e. The first-order chi connectivity index (χ1) is 7.29. The van der Waals surface area contributed by atoms with Crippen LogP contribution in [0.1, 0.15) is 39.3 Å². The standard InChI is InChI=1S/C14H24N2/c1-11(16(5)10-14(2,3)4)12-6-8-13(15)9-7-12/h6-9,11H,10,15H2,1-5H3. The van der Waals surface area contributed by atoms with E-state index >= 15 is 0 Å². The molecule has 0 aliphatic carbocycles. The van der Waals surface area contributed by atoms with Gasteiger partial charge in [-0.3, -0.25) is 4.90 Å². The number of nitrogens with two attached hydrogens (primary N) is 1. The molecular weight excluding hydrogens is 196 g/mol. The highest BCUT2D eigenvalue weighted by Gasteiger charge is 2.18. The number of nitrogens with zero attached hydrogens (tertiary/aromatic N) is 1. The van der Waals surface area contributed by atoms with E-state index in [0.29, 0.717) is 11.5 Å². The van der Waals surface area contributed by atoms with Crippen molar-refractivity contribution < 1.29 is 0 Å². The lowest BCUT2D eigenvalue weighted by Crippen LogP contribution is -2.31. The molecule has 0 fully saturated rings. The third kappa shape index (κ3) is 3.86. The first-order valence-electron chi connectivity index (χ1n) is 5.85. The maximum absolute atomic E-state index is 5.69. The highest BCUT2D eigenvalue weighted by atomic mass is 15.1. The van der Waals surface area contributed by atoms with Crippen molar-refractivity contribution in [2.45, 2.75) is 33.7 Å². The number of hydrogen-bond acceptors (Lipinski definition) is 2. The summed E-state index contributed by atoms with van der Waals surface area (Å²) in [5.74, 6) is 0. The number of benzene rings is 1.